The zero-order chi connectivity index (χ0) is 15.0. The van der Waals surface area contributed by atoms with Gasteiger partial charge in [0, 0.05) is 5.69 Å². The lowest BCUT2D eigenvalue weighted by Crippen LogP contribution is -2.35. The number of nitrogens with zero attached hydrogens (tertiary/aromatic N) is 1. The number of carbonyl (C=O) groups excluding carboxylic acids is 1. The first-order valence-electron chi connectivity index (χ1n) is 6.19. The molecule has 0 radical (unpaired) electrons. The normalized spacial score (nSPS) is 14.6. The number of para-hydroxylation sites is 2. The highest BCUT2D eigenvalue weighted by atomic mass is 19.4. The molecule has 0 aromatic heterocycles. The number of benzene rings is 2. The molecule has 2 aromatic carbocycles. The minimum Gasteiger partial charge on any atom is -0.482 e. The fourth-order valence-electron chi connectivity index (χ4n) is 2.18. The SMILES string of the molecule is O=C1COc2ccccc2N1c1ccc(C(F)(F)F)cc1. The summed E-state index contributed by atoms with van der Waals surface area (Å²) in [5.74, 6) is 0.199. The van der Waals surface area contributed by atoms with Crippen molar-refractivity contribution in [2.75, 3.05) is 11.5 Å². The van der Waals surface area contributed by atoms with Gasteiger partial charge < -0.3 is 4.74 Å². The number of carbonyl (C=O) groups is 1. The van der Waals surface area contributed by atoms with Crippen LogP contribution < -0.4 is 9.64 Å². The van der Waals surface area contributed by atoms with Crippen molar-refractivity contribution in [1.82, 2.24) is 0 Å². The molecule has 0 saturated heterocycles. The number of hydrogen-bond acceptors (Lipinski definition) is 2. The van der Waals surface area contributed by atoms with E-state index >= 15 is 0 Å². The lowest BCUT2D eigenvalue weighted by atomic mass is 10.1. The molecule has 3 rings (SSSR count). The molecule has 2 aromatic rings. The molecule has 1 amide bonds. The van der Waals surface area contributed by atoms with Crippen molar-refractivity contribution < 1.29 is 22.7 Å². The molecule has 0 N–H and O–H groups in total. The van der Waals surface area contributed by atoms with Gasteiger partial charge in [0.15, 0.2) is 6.61 Å². The van der Waals surface area contributed by atoms with Crippen LogP contribution in [0.2, 0.25) is 0 Å². The van der Waals surface area contributed by atoms with Crippen molar-refractivity contribution >= 4 is 17.3 Å². The molecule has 0 unspecified atom stereocenters. The van der Waals surface area contributed by atoms with Crippen LogP contribution in [-0.2, 0) is 11.0 Å². The van der Waals surface area contributed by atoms with E-state index in [2.05, 4.69) is 0 Å². The van der Waals surface area contributed by atoms with Gasteiger partial charge in [0.2, 0.25) is 0 Å². The summed E-state index contributed by atoms with van der Waals surface area (Å²) < 4.78 is 43.0. The zero-order valence-electron chi connectivity index (χ0n) is 10.7. The lowest BCUT2D eigenvalue weighted by molar-refractivity contribution is -0.137. The Morgan fingerprint density at radius 1 is 1.00 bits per heavy atom. The summed E-state index contributed by atoms with van der Waals surface area (Å²) in [6, 6.07) is 11.4. The summed E-state index contributed by atoms with van der Waals surface area (Å²) in [7, 11) is 0. The molecule has 0 atom stereocenters. The molecule has 0 bridgehead atoms. The Morgan fingerprint density at radius 3 is 2.33 bits per heavy atom. The quantitative estimate of drug-likeness (QED) is 0.801. The number of amides is 1. The van der Waals surface area contributed by atoms with Gasteiger partial charge in [-0.05, 0) is 36.4 Å². The molecule has 6 heteroatoms. The summed E-state index contributed by atoms with van der Waals surface area (Å²) in [6.45, 7) is -0.141. The maximum absolute atomic E-state index is 12.6. The van der Waals surface area contributed by atoms with Crippen molar-refractivity contribution in [3.63, 3.8) is 0 Å². The van der Waals surface area contributed by atoms with Gasteiger partial charge in [-0.3, -0.25) is 9.69 Å². The van der Waals surface area contributed by atoms with Gasteiger partial charge in [0.1, 0.15) is 5.75 Å². The van der Waals surface area contributed by atoms with Crippen LogP contribution in [0.5, 0.6) is 5.75 Å². The number of anilines is 2. The molecule has 1 heterocycles. The number of ether oxygens (including phenoxy) is 1. The minimum atomic E-state index is -4.40. The molecule has 0 spiro atoms. The summed E-state index contributed by atoms with van der Waals surface area (Å²) in [4.78, 5) is 13.4. The van der Waals surface area contributed by atoms with Gasteiger partial charge in [-0.25, -0.2) is 0 Å². The first kappa shape index (κ1) is 13.5. The van der Waals surface area contributed by atoms with Crippen LogP contribution in [0.15, 0.2) is 48.5 Å². The molecule has 0 fully saturated rings. The molecule has 21 heavy (non-hydrogen) atoms. The monoisotopic (exact) mass is 293 g/mol. The zero-order valence-corrected chi connectivity index (χ0v) is 10.7. The fourth-order valence-corrected chi connectivity index (χ4v) is 2.18. The Labute approximate surface area is 118 Å². The Bertz CT molecular complexity index is 680. The molecule has 3 nitrogen and oxygen atoms in total. The molecule has 0 saturated carbocycles. The average Bonchev–Trinajstić information content (AvgIpc) is 2.46. The highest BCUT2D eigenvalue weighted by Crippen LogP contribution is 2.38. The van der Waals surface area contributed by atoms with Crippen LogP contribution in [0.25, 0.3) is 0 Å². The third-order valence-electron chi connectivity index (χ3n) is 3.16. The van der Waals surface area contributed by atoms with E-state index in [1.165, 1.54) is 17.0 Å². The predicted molar refractivity (Wildman–Crippen MR) is 70.5 cm³/mol. The maximum Gasteiger partial charge on any atom is 0.416 e. The van der Waals surface area contributed by atoms with Crippen molar-refractivity contribution in [2.45, 2.75) is 6.18 Å². The third-order valence-corrected chi connectivity index (χ3v) is 3.16. The van der Waals surface area contributed by atoms with Gasteiger partial charge in [0.05, 0.1) is 11.3 Å². The third kappa shape index (κ3) is 2.44. The van der Waals surface area contributed by atoms with Crippen molar-refractivity contribution in [3.8, 4) is 5.75 Å². The van der Waals surface area contributed by atoms with Gasteiger partial charge in [-0.2, -0.15) is 13.2 Å². The van der Waals surface area contributed by atoms with Gasteiger partial charge in [0.25, 0.3) is 5.91 Å². The fraction of sp³-hybridized carbons (Fsp3) is 0.133. The van der Waals surface area contributed by atoms with E-state index in [9.17, 15) is 18.0 Å². The Balaban J connectivity index is 2.02. The topological polar surface area (TPSA) is 29.5 Å². The predicted octanol–water partition coefficient (Wildman–Crippen LogP) is 3.76. The molecular formula is C15H10F3NO2. The number of alkyl halides is 3. The average molecular weight is 293 g/mol. The van der Waals surface area contributed by atoms with E-state index in [0.717, 1.165) is 12.1 Å². The second-order valence-electron chi connectivity index (χ2n) is 4.53. The Kier molecular flexibility index (Phi) is 3.08. The number of rotatable bonds is 1. The highest BCUT2D eigenvalue weighted by molar-refractivity contribution is 6.04. The second kappa shape index (κ2) is 4.80. The molecule has 108 valence electrons. The first-order chi connectivity index (χ1) is 9.97. The van der Waals surface area contributed by atoms with E-state index in [4.69, 9.17) is 4.74 Å². The summed E-state index contributed by atoms with van der Waals surface area (Å²) >= 11 is 0. The van der Waals surface area contributed by atoms with Gasteiger partial charge >= 0.3 is 6.18 Å². The molecule has 0 aliphatic carbocycles. The largest absolute Gasteiger partial charge is 0.482 e. The van der Waals surface area contributed by atoms with Gasteiger partial charge in [-0.1, -0.05) is 12.1 Å². The van der Waals surface area contributed by atoms with Crippen LogP contribution in [0.1, 0.15) is 5.56 Å². The van der Waals surface area contributed by atoms with E-state index in [-0.39, 0.29) is 12.5 Å². The number of fused-ring (bicyclic) bond motifs is 1. The minimum absolute atomic E-state index is 0.141. The van der Waals surface area contributed by atoms with Crippen molar-refractivity contribution in [1.29, 1.82) is 0 Å². The summed E-state index contributed by atoms with van der Waals surface area (Å²) in [5, 5.41) is 0. The van der Waals surface area contributed by atoms with E-state index in [0.29, 0.717) is 17.1 Å². The van der Waals surface area contributed by atoms with Crippen LogP contribution in [0.3, 0.4) is 0 Å². The second-order valence-corrected chi connectivity index (χ2v) is 4.53. The van der Waals surface area contributed by atoms with Crippen molar-refractivity contribution in [2.24, 2.45) is 0 Å². The van der Waals surface area contributed by atoms with E-state index < -0.39 is 11.7 Å². The van der Waals surface area contributed by atoms with Gasteiger partial charge in [-0.15, -0.1) is 0 Å². The number of halogens is 3. The van der Waals surface area contributed by atoms with Crippen molar-refractivity contribution in [3.05, 3.63) is 54.1 Å². The molecule has 1 aliphatic heterocycles. The summed E-state index contributed by atoms with van der Waals surface area (Å²) in [6.07, 6.45) is -4.40. The standard InChI is InChI=1S/C15H10F3NO2/c16-15(17,18)10-5-7-11(8-6-10)19-12-3-1-2-4-13(12)21-9-14(19)20/h1-8H,9H2. The molecular weight excluding hydrogens is 283 g/mol. The van der Waals surface area contributed by atoms with Crippen LogP contribution in [-0.4, -0.2) is 12.5 Å². The van der Waals surface area contributed by atoms with Crippen LogP contribution in [0.4, 0.5) is 24.5 Å². The van der Waals surface area contributed by atoms with Crippen LogP contribution >= 0.6 is 0 Å². The van der Waals surface area contributed by atoms with E-state index in [1.54, 1.807) is 24.3 Å². The Hall–Kier alpha value is -2.50. The Morgan fingerprint density at radius 2 is 1.67 bits per heavy atom. The maximum atomic E-state index is 12.6. The van der Waals surface area contributed by atoms with Crippen LogP contribution in [0, 0.1) is 0 Å². The lowest BCUT2D eigenvalue weighted by Gasteiger charge is -2.29. The number of hydrogen-bond donors (Lipinski definition) is 0. The van der Waals surface area contributed by atoms with E-state index in [1.807, 2.05) is 0 Å². The smallest absolute Gasteiger partial charge is 0.416 e. The first-order valence-corrected chi connectivity index (χ1v) is 6.19. The summed E-state index contributed by atoms with van der Waals surface area (Å²) in [5.41, 5.74) is 0.150. The highest BCUT2D eigenvalue weighted by Gasteiger charge is 2.31. The molecule has 1 aliphatic rings.